The lowest BCUT2D eigenvalue weighted by atomic mass is 10.1. The molecule has 0 N–H and O–H groups in total. The summed E-state index contributed by atoms with van der Waals surface area (Å²) in [4.78, 5) is 13.7. The van der Waals surface area contributed by atoms with Crippen molar-refractivity contribution >= 4 is 11.6 Å². The standard InChI is InChI=1S/C16H13F4NO2/c1-2-21(11-6-7-13(17)14(18)9-11)15(22)10-4-3-5-12(8-10)23-16(19)20/h3-9,16H,2H2,1H3. The maximum Gasteiger partial charge on any atom is 0.387 e. The van der Waals surface area contributed by atoms with Crippen LogP contribution in [-0.2, 0) is 0 Å². The normalized spacial score (nSPS) is 10.7. The van der Waals surface area contributed by atoms with Crippen LogP contribution in [0.2, 0.25) is 0 Å². The van der Waals surface area contributed by atoms with Gasteiger partial charge in [0.2, 0.25) is 0 Å². The van der Waals surface area contributed by atoms with Gasteiger partial charge in [-0.15, -0.1) is 0 Å². The van der Waals surface area contributed by atoms with Crippen LogP contribution in [0, 0.1) is 11.6 Å². The van der Waals surface area contributed by atoms with Crippen molar-refractivity contribution in [1.29, 1.82) is 0 Å². The lowest BCUT2D eigenvalue weighted by molar-refractivity contribution is -0.0498. The first-order chi connectivity index (χ1) is 10.9. The molecule has 2 aromatic carbocycles. The number of halogens is 4. The van der Waals surface area contributed by atoms with Crippen LogP contribution in [0.3, 0.4) is 0 Å². The molecule has 0 unspecified atom stereocenters. The molecular formula is C16H13F4NO2. The van der Waals surface area contributed by atoms with E-state index in [0.717, 1.165) is 18.2 Å². The molecular weight excluding hydrogens is 314 g/mol. The minimum absolute atomic E-state index is 0.0923. The summed E-state index contributed by atoms with van der Waals surface area (Å²) in [5.41, 5.74) is 0.256. The second kappa shape index (κ2) is 7.13. The Bertz CT molecular complexity index is 706. The van der Waals surface area contributed by atoms with E-state index in [0.29, 0.717) is 0 Å². The van der Waals surface area contributed by atoms with Gasteiger partial charge in [0.25, 0.3) is 5.91 Å². The average molecular weight is 327 g/mol. The Morgan fingerprint density at radius 1 is 1.13 bits per heavy atom. The summed E-state index contributed by atoms with van der Waals surface area (Å²) in [5, 5.41) is 0. The first kappa shape index (κ1) is 16.8. The quantitative estimate of drug-likeness (QED) is 0.769. The third kappa shape index (κ3) is 4.00. The van der Waals surface area contributed by atoms with Gasteiger partial charge < -0.3 is 9.64 Å². The van der Waals surface area contributed by atoms with Crippen LogP contribution in [0.1, 0.15) is 17.3 Å². The van der Waals surface area contributed by atoms with E-state index in [1.807, 2.05) is 0 Å². The molecule has 0 spiro atoms. The number of anilines is 1. The molecule has 2 aromatic rings. The lowest BCUT2D eigenvalue weighted by Crippen LogP contribution is -2.30. The fraction of sp³-hybridized carbons (Fsp3) is 0.188. The van der Waals surface area contributed by atoms with Crippen molar-refractivity contribution in [3.05, 3.63) is 59.7 Å². The van der Waals surface area contributed by atoms with Gasteiger partial charge in [-0.25, -0.2) is 8.78 Å². The van der Waals surface area contributed by atoms with Gasteiger partial charge in [-0.1, -0.05) is 6.07 Å². The number of carbonyl (C=O) groups is 1. The Labute approximate surface area is 130 Å². The van der Waals surface area contributed by atoms with Gasteiger partial charge in [-0.05, 0) is 37.3 Å². The van der Waals surface area contributed by atoms with Crippen molar-refractivity contribution < 1.29 is 27.1 Å². The monoisotopic (exact) mass is 327 g/mol. The van der Waals surface area contributed by atoms with Crippen LogP contribution < -0.4 is 9.64 Å². The molecule has 0 aliphatic rings. The topological polar surface area (TPSA) is 29.5 Å². The summed E-state index contributed by atoms with van der Waals surface area (Å²) in [5.74, 6) is -2.81. The highest BCUT2D eigenvalue weighted by Crippen LogP contribution is 2.22. The highest BCUT2D eigenvalue weighted by Gasteiger charge is 2.18. The Balaban J connectivity index is 2.31. The molecule has 0 saturated heterocycles. The van der Waals surface area contributed by atoms with Gasteiger partial charge in [0.1, 0.15) is 5.75 Å². The minimum atomic E-state index is -3.01. The number of amides is 1. The number of rotatable bonds is 5. The van der Waals surface area contributed by atoms with Crippen LogP contribution in [-0.4, -0.2) is 19.1 Å². The van der Waals surface area contributed by atoms with Crippen LogP contribution >= 0.6 is 0 Å². The van der Waals surface area contributed by atoms with Gasteiger partial charge in [0, 0.05) is 23.9 Å². The number of carbonyl (C=O) groups excluding carboxylic acids is 1. The molecule has 0 saturated carbocycles. The van der Waals surface area contributed by atoms with Gasteiger partial charge >= 0.3 is 6.61 Å². The molecule has 0 aliphatic heterocycles. The number of hydrogen-bond donors (Lipinski definition) is 0. The smallest absolute Gasteiger partial charge is 0.387 e. The predicted molar refractivity (Wildman–Crippen MR) is 76.8 cm³/mol. The van der Waals surface area contributed by atoms with E-state index in [2.05, 4.69) is 4.74 Å². The molecule has 0 atom stereocenters. The fourth-order valence-electron chi connectivity index (χ4n) is 2.06. The van der Waals surface area contributed by atoms with Crippen LogP contribution in [0.4, 0.5) is 23.2 Å². The second-order valence-corrected chi connectivity index (χ2v) is 4.55. The Morgan fingerprint density at radius 2 is 1.87 bits per heavy atom. The molecule has 23 heavy (non-hydrogen) atoms. The summed E-state index contributed by atoms with van der Waals surface area (Å²) < 4.78 is 55.0. The zero-order valence-corrected chi connectivity index (χ0v) is 12.1. The van der Waals surface area contributed by atoms with Crippen molar-refractivity contribution in [2.45, 2.75) is 13.5 Å². The maximum atomic E-state index is 13.3. The molecule has 0 aromatic heterocycles. The highest BCUT2D eigenvalue weighted by molar-refractivity contribution is 6.06. The van der Waals surface area contributed by atoms with E-state index in [9.17, 15) is 22.4 Å². The van der Waals surface area contributed by atoms with Crippen LogP contribution in [0.15, 0.2) is 42.5 Å². The van der Waals surface area contributed by atoms with Gasteiger partial charge in [0.15, 0.2) is 11.6 Å². The van der Waals surface area contributed by atoms with Gasteiger partial charge in [-0.2, -0.15) is 8.78 Å². The molecule has 3 nitrogen and oxygen atoms in total. The number of alkyl halides is 2. The molecule has 0 radical (unpaired) electrons. The Hall–Kier alpha value is -2.57. The summed E-state index contributed by atoms with van der Waals surface area (Å²) >= 11 is 0. The van der Waals surface area contributed by atoms with Crippen LogP contribution in [0.25, 0.3) is 0 Å². The molecule has 0 bridgehead atoms. The highest BCUT2D eigenvalue weighted by atomic mass is 19.3. The van der Waals surface area contributed by atoms with E-state index >= 15 is 0 Å². The largest absolute Gasteiger partial charge is 0.435 e. The first-order valence-electron chi connectivity index (χ1n) is 6.74. The number of hydrogen-bond acceptors (Lipinski definition) is 2. The van der Waals surface area contributed by atoms with Crippen LogP contribution in [0.5, 0.6) is 5.75 Å². The number of nitrogens with zero attached hydrogens (tertiary/aromatic N) is 1. The first-order valence-corrected chi connectivity index (χ1v) is 6.74. The molecule has 2 rings (SSSR count). The summed E-state index contributed by atoms with van der Waals surface area (Å²) in [6.07, 6.45) is 0. The number of benzene rings is 2. The molecule has 0 fully saturated rings. The molecule has 122 valence electrons. The second-order valence-electron chi connectivity index (χ2n) is 4.55. The molecule has 0 heterocycles. The van der Waals surface area contributed by atoms with Crippen molar-refractivity contribution in [1.82, 2.24) is 0 Å². The Kier molecular flexibility index (Phi) is 5.20. The SMILES string of the molecule is CCN(C(=O)c1cccc(OC(F)F)c1)c1ccc(F)c(F)c1. The predicted octanol–water partition coefficient (Wildman–Crippen LogP) is 4.23. The van der Waals surface area contributed by atoms with Gasteiger partial charge in [-0.3, -0.25) is 4.79 Å². The zero-order chi connectivity index (χ0) is 17.0. The molecule has 0 aliphatic carbocycles. The van der Waals surface area contributed by atoms with Crippen molar-refractivity contribution in [3.63, 3.8) is 0 Å². The van der Waals surface area contributed by atoms with E-state index < -0.39 is 24.2 Å². The zero-order valence-electron chi connectivity index (χ0n) is 12.1. The molecule has 1 amide bonds. The summed E-state index contributed by atoms with van der Waals surface area (Å²) in [6, 6.07) is 8.34. The third-order valence-electron chi connectivity index (χ3n) is 3.08. The Morgan fingerprint density at radius 3 is 2.48 bits per heavy atom. The fourth-order valence-corrected chi connectivity index (χ4v) is 2.06. The van der Waals surface area contributed by atoms with E-state index in [4.69, 9.17) is 0 Å². The lowest BCUT2D eigenvalue weighted by Gasteiger charge is -2.21. The van der Waals surface area contributed by atoms with Crippen molar-refractivity contribution in [2.24, 2.45) is 0 Å². The van der Waals surface area contributed by atoms with Crippen molar-refractivity contribution in [3.8, 4) is 5.75 Å². The molecule has 7 heteroatoms. The van der Waals surface area contributed by atoms with E-state index in [1.165, 1.54) is 29.2 Å². The maximum absolute atomic E-state index is 13.3. The average Bonchev–Trinajstić information content (AvgIpc) is 2.51. The van der Waals surface area contributed by atoms with Gasteiger partial charge in [0.05, 0.1) is 0 Å². The third-order valence-corrected chi connectivity index (χ3v) is 3.08. The van der Waals surface area contributed by atoms with E-state index in [1.54, 1.807) is 6.92 Å². The summed E-state index contributed by atoms with van der Waals surface area (Å²) in [7, 11) is 0. The minimum Gasteiger partial charge on any atom is -0.435 e. The summed E-state index contributed by atoms with van der Waals surface area (Å²) in [6.45, 7) is -1.17. The van der Waals surface area contributed by atoms with Crippen molar-refractivity contribution in [2.75, 3.05) is 11.4 Å². The number of ether oxygens (including phenoxy) is 1. The van der Waals surface area contributed by atoms with E-state index in [-0.39, 0.29) is 23.5 Å².